The molecule has 6 nitrogen and oxygen atoms in total. The molecule has 0 unspecified atom stereocenters. The summed E-state index contributed by atoms with van der Waals surface area (Å²) in [4.78, 5) is 13.3. The predicted molar refractivity (Wildman–Crippen MR) is 89.9 cm³/mol. The first kappa shape index (κ1) is 19.4. The summed E-state index contributed by atoms with van der Waals surface area (Å²) < 4.78 is 16.5. The lowest BCUT2D eigenvalue weighted by Gasteiger charge is -2.22. The molecule has 0 radical (unpaired) electrons. The number of rotatable bonds is 13. The van der Waals surface area contributed by atoms with Gasteiger partial charge in [-0.15, -0.1) is 0 Å². The molecule has 0 fully saturated rings. The van der Waals surface area contributed by atoms with Crippen LogP contribution in [-0.2, 0) is 9.47 Å². The molecule has 2 N–H and O–H groups in total. The molecule has 0 saturated carbocycles. The van der Waals surface area contributed by atoms with E-state index in [9.17, 15) is 4.79 Å². The fourth-order valence-corrected chi connectivity index (χ4v) is 2.02. The third-order valence-corrected chi connectivity index (χ3v) is 3.33. The molecule has 0 saturated heterocycles. The maximum atomic E-state index is 11.0. The molecule has 0 atom stereocenters. The number of benzene rings is 1. The van der Waals surface area contributed by atoms with Crippen molar-refractivity contribution in [3.8, 4) is 5.75 Å². The maximum Gasteiger partial charge on any atom is 0.248 e. The third-order valence-electron chi connectivity index (χ3n) is 3.33. The molecule has 1 aromatic rings. The van der Waals surface area contributed by atoms with Crippen molar-refractivity contribution in [1.82, 2.24) is 4.90 Å². The highest BCUT2D eigenvalue weighted by Crippen LogP contribution is 2.11. The number of ether oxygens (including phenoxy) is 3. The van der Waals surface area contributed by atoms with Gasteiger partial charge in [-0.1, -0.05) is 0 Å². The number of nitrogens with two attached hydrogens (primary N) is 1. The van der Waals surface area contributed by atoms with Crippen molar-refractivity contribution in [2.24, 2.45) is 5.73 Å². The van der Waals surface area contributed by atoms with E-state index in [0.717, 1.165) is 38.6 Å². The van der Waals surface area contributed by atoms with E-state index in [0.29, 0.717) is 25.4 Å². The van der Waals surface area contributed by atoms with Crippen LogP contribution in [-0.4, -0.2) is 63.5 Å². The quantitative estimate of drug-likeness (QED) is 0.557. The molecule has 1 rings (SSSR count). The van der Waals surface area contributed by atoms with Gasteiger partial charge in [0.15, 0.2) is 0 Å². The van der Waals surface area contributed by atoms with Gasteiger partial charge in [0, 0.05) is 38.4 Å². The second-order valence-electron chi connectivity index (χ2n) is 4.97. The Morgan fingerprint density at radius 3 is 1.96 bits per heavy atom. The third kappa shape index (κ3) is 8.54. The molecule has 1 amide bonds. The highest BCUT2D eigenvalue weighted by atomic mass is 16.5. The summed E-state index contributed by atoms with van der Waals surface area (Å²) >= 11 is 0. The fraction of sp³-hybridized carbons (Fsp3) is 0.588. The summed E-state index contributed by atoms with van der Waals surface area (Å²) in [7, 11) is 0. The Hall–Kier alpha value is -1.63. The van der Waals surface area contributed by atoms with Gasteiger partial charge in [-0.3, -0.25) is 9.69 Å². The van der Waals surface area contributed by atoms with Gasteiger partial charge in [-0.2, -0.15) is 0 Å². The summed E-state index contributed by atoms with van der Waals surface area (Å²) in [5.74, 6) is 0.291. The van der Waals surface area contributed by atoms with Crippen LogP contribution in [0.1, 0.15) is 24.2 Å². The second kappa shape index (κ2) is 11.9. The van der Waals surface area contributed by atoms with Gasteiger partial charge in [-0.05, 0) is 38.1 Å². The Balaban J connectivity index is 2.35. The van der Waals surface area contributed by atoms with E-state index in [4.69, 9.17) is 19.9 Å². The monoisotopic (exact) mass is 324 g/mol. The smallest absolute Gasteiger partial charge is 0.248 e. The van der Waals surface area contributed by atoms with Crippen LogP contribution in [0.25, 0.3) is 0 Å². The summed E-state index contributed by atoms with van der Waals surface area (Å²) in [5.41, 5.74) is 5.69. The van der Waals surface area contributed by atoms with Crippen LogP contribution in [0.5, 0.6) is 5.75 Å². The van der Waals surface area contributed by atoms with Crippen LogP contribution in [0.2, 0.25) is 0 Å². The Labute approximate surface area is 138 Å². The van der Waals surface area contributed by atoms with E-state index in [-0.39, 0.29) is 0 Å². The Morgan fingerprint density at radius 2 is 1.48 bits per heavy atom. The first-order chi connectivity index (χ1) is 11.2. The van der Waals surface area contributed by atoms with Crippen molar-refractivity contribution in [3.63, 3.8) is 0 Å². The largest absolute Gasteiger partial charge is 0.492 e. The second-order valence-corrected chi connectivity index (χ2v) is 4.97. The first-order valence-corrected chi connectivity index (χ1v) is 8.07. The Kier molecular flexibility index (Phi) is 10.0. The molecule has 23 heavy (non-hydrogen) atoms. The zero-order chi connectivity index (χ0) is 16.9. The average Bonchev–Trinajstić information content (AvgIpc) is 2.55. The maximum absolute atomic E-state index is 11.0. The van der Waals surface area contributed by atoms with Crippen molar-refractivity contribution in [3.05, 3.63) is 29.8 Å². The lowest BCUT2D eigenvalue weighted by molar-refractivity contribution is 0.0764. The molecule has 0 aromatic heterocycles. The molecular formula is C17H28N2O4. The number of amides is 1. The van der Waals surface area contributed by atoms with Crippen LogP contribution < -0.4 is 10.5 Å². The highest BCUT2D eigenvalue weighted by Gasteiger charge is 2.06. The van der Waals surface area contributed by atoms with E-state index < -0.39 is 5.91 Å². The summed E-state index contributed by atoms with van der Waals surface area (Å²) in [6.45, 7) is 9.89. The minimum absolute atomic E-state index is 0.436. The number of hydrogen-bond donors (Lipinski definition) is 1. The van der Waals surface area contributed by atoms with E-state index in [1.54, 1.807) is 24.3 Å². The minimum Gasteiger partial charge on any atom is -0.492 e. The first-order valence-electron chi connectivity index (χ1n) is 8.07. The van der Waals surface area contributed by atoms with Gasteiger partial charge in [0.1, 0.15) is 12.4 Å². The number of hydrogen-bond acceptors (Lipinski definition) is 5. The molecule has 0 aliphatic heterocycles. The number of carbonyl (C=O) groups is 1. The number of nitrogens with zero attached hydrogens (tertiary/aromatic N) is 1. The molecule has 0 aliphatic rings. The highest BCUT2D eigenvalue weighted by molar-refractivity contribution is 5.92. The van der Waals surface area contributed by atoms with Crippen LogP contribution >= 0.6 is 0 Å². The molecule has 0 heterocycles. The predicted octanol–water partition coefficient (Wildman–Crippen LogP) is 1.54. The van der Waals surface area contributed by atoms with Gasteiger partial charge in [0.05, 0.1) is 13.2 Å². The Bertz CT molecular complexity index is 427. The van der Waals surface area contributed by atoms with Crippen LogP contribution in [0.15, 0.2) is 24.3 Å². The Morgan fingerprint density at radius 1 is 0.957 bits per heavy atom. The van der Waals surface area contributed by atoms with Crippen molar-refractivity contribution < 1.29 is 19.0 Å². The van der Waals surface area contributed by atoms with Gasteiger partial charge in [0.25, 0.3) is 0 Å². The standard InChI is InChI=1S/C17H28N2O4/c1-3-21-12-9-19(10-13-22-4-2)11-14-23-16-7-5-15(6-8-16)17(18)20/h5-8H,3-4,9-14H2,1-2H3,(H2,18,20). The van der Waals surface area contributed by atoms with Crippen molar-refractivity contribution in [2.75, 3.05) is 52.7 Å². The van der Waals surface area contributed by atoms with Crippen LogP contribution in [0, 0.1) is 0 Å². The van der Waals surface area contributed by atoms with Crippen LogP contribution in [0.3, 0.4) is 0 Å². The van der Waals surface area contributed by atoms with Crippen molar-refractivity contribution >= 4 is 5.91 Å². The van der Waals surface area contributed by atoms with E-state index in [1.807, 2.05) is 13.8 Å². The molecule has 0 bridgehead atoms. The summed E-state index contributed by atoms with van der Waals surface area (Å²) in [6.07, 6.45) is 0. The molecule has 1 aromatic carbocycles. The van der Waals surface area contributed by atoms with Crippen molar-refractivity contribution in [2.45, 2.75) is 13.8 Å². The van der Waals surface area contributed by atoms with E-state index in [1.165, 1.54) is 0 Å². The fourth-order valence-electron chi connectivity index (χ4n) is 2.02. The summed E-state index contributed by atoms with van der Waals surface area (Å²) in [6, 6.07) is 6.84. The molecule has 0 spiro atoms. The lowest BCUT2D eigenvalue weighted by atomic mass is 10.2. The average molecular weight is 324 g/mol. The minimum atomic E-state index is -0.436. The van der Waals surface area contributed by atoms with E-state index >= 15 is 0 Å². The molecule has 0 aliphatic carbocycles. The van der Waals surface area contributed by atoms with Gasteiger partial charge in [-0.25, -0.2) is 0 Å². The molecule has 6 heteroatoms. The number of primary amides is 1. The zero-order valence-electron chi connectivity index (χ0n) is 14.1. The topological polar surface area (TPSA) is 74.0 Å². The van der Waals surface area contributed by atoms with Gasteiger partial charge < -0.3 is 19.9 Å². The summed E-state index contributed by atoms with van der Waals surface area (Å²) in [5, 5.41) is 0. The molecule has 130 valence electrons. The normalized spacial score (nSPS) is 10.9. The zero-order valence-corrected chi connectivity index (χ0v) is 14.1. The van der Waals surface area contributed by atoms with E-state index in [2.05, 4.69) is 4.90 Å². The van der Waals surface area contributed by atoms with Gasteiger partial charge in [0.2, 0.25) is 5.91 Å². The SMILES string of the molecule is CCOCCN(CCOCC)CCOc1ccc(C(N)=O)cc1. The van der Waals surface area contributed by atoms with Crippen molar-refractivity contribution in [1.29, 1.82) is 0 Å². The molecular weight excluding hydrogens is 296 g/mol. The lowest BCUT2D eigenvalue weighted by Crippen LogP contribution is -2.34. The number of carbonyl (C=O) groups excluding carboxylic acids is 1. The van der Waals surface area contributed by atoms with Gasteiger partial charge >= 0.3 is 0 Å². The van der Waals surface area contributed by atoms with Crippen LogP contribution in [0.4, 0.5) is 0 Å².